The molecule has 3 aliphatic rings. The zero-order valence-electron chi connectivity index (χ0n) is 19.8. The number of thioether (sulfide) groups is 1. The van der Waals surface area contributed by atoms with Gasteiger partial charge in [0.25, 0.3) is 5.91 Å². The Hall–Kier alpha value is -3.20. The van der Waals surface area contributed by atoms with Gasteiger partial charge in [0, 0.05) is 44.0 Å². The van der Waals surface area contributed by atoms with E-state index in [0.717, 1.165) is 44.0 Å². The number of benzene rings is 3. The predicted molar refractivity (Wildman–Crippen MR) is 140 cm³/mol. The lowest BCUT2D eigenvalue weighted by Crippen LogP contribution is -2.54. The van der Waals surface area contributed by atoms with Crippen LogP contribution in [0.5, 0.6) is 0 Å². The molecule has 3 heterocycles. The molecular formula is C28H27FN4O2S. The van der Waals surface area contributed by atoms with E-state index in [9.17, 15) is 14.0 Å². The first kappa shape index (κ1) is 23.2. The number of carbonyl (C=O) groups is 2. The first-order chi connectivity index (χ1) is 17.6. The Kier molecular flexibility index (Phi) is 6.03. The van der Waals surface area contributed by atoms with E-state index in [0.29, 0.717) is 12.4 Å². The fourth-order valence-corrected chi connectivity index (χ4v) is 6.78. The van der Waals surface area contributed by atoms with Gasteiger partial charge in [-0.1, -0.05) is 48.5 Å². The van der Waals surface area contributed by atoms with E-state index in [1.54, 1.807) is 17.0 Å². The largest absolute Gasteiger partial charge is 0.297 e. The Balaban J connectivity index is 1.24. The van der Waals surface area contributed by atoms with Crippen molar-refractivity contribution in [3.63, 3.8) is 0 Å². The van der Waals surface area contributed by atoms with Gasteiger partial charge < -0.3 is 0 Å². The van der Waals surface area contributed by atoms with E-state index in [-0.39, 0.29) is 23.4 Å². The van der Waals surface area contributed by atoms with E-state index in [2.05, 4.69) is 34.1 Å². The minimum atomic E-state index is -1.17. The van der Waals surface area contributed by atoms with Crippen molar-refractivity contribution in [1.82, 2.24) is 9.80 Å². The second-order valence-electron chi connectivity index (χ2n) is 9.41. The third kappa shape index (κ3) is 3.89. The van der Waals surface area contributed by atoms with Crippen LogP contribution in [0, 0.1) is 5.82 Å². The lowest BCUT2D eigenvalue weighted by Gasteiger charge is -2.37. The highest BCUT2D eigenvalue weighted by atomic mass is 32.2. The van der Waals surface area contributed by atoms with Gasteiger partial charge in [-0.3, -0.25) is 29.2 Å². The summed E-state index contributed by atoms with van der Waals surface area (Å²) in [4.78, 5) is 34.2. The van der Waals surface area contributed by atoms with Gasteiger partial charge in [0.2, 0.25) is 10.8 Å². The zero-order valence-corrected chi connectivity index (χ0v) is 20.7. The van der Waals surface area contributed by atoms with Gasteiger partial charge in [-0.05, 0) is 35.9 Å². The third-order valence-electron chi connectivity index (χ3n) is 7.20. The number of halogens is 1. The number of piperazine rings is 1. The number of para-hydroxylation sites is 1. The van der Waals surface area contributed by atoms with Crippen LogP contribution in [0.25, 0.3) is 0 Å². The molecule has 1 spiro atoms. The predicted octanol–water partition coefficient (Wildman–Crippen LogP) is 3.88. The van der Waals surface area contributed by atoms with Gasteiger partial charge in [0.15, 0.2) is 0 Å². The molecule has 8 heteroatoms. The SMILES string of the molecule is O=C1CS[C@]2(C(=O)N(CN3CCN(Cc4ccccc4)CC3)c3ccccc32)N1c1ccc(F)cc1. The Morgan fingerprint density at radius 3 is 2.22 bits per heavy atom. The smallest absolute Gasteiger partial charge is 0.269 e. The summed E-state index contributed by atoms with van der Waals surface area (Å²) in [5.41, 5.74) is 3.49. The average Bonchev–Trinajstić information content (AvgIpc) is 3.37. The fraction of sp³-hybridized carbons (Fsp3) is 0.286. The van der Waals surface area contributed by atoms with Crippen LogP contribution < -0.4 is 9.80 Å². The molecule has 1 atom stereocenters. The molecule has 6 rings (SSSR count). The van der Waals surface area contributed by atoms with Crippen LogP contribution in [-0.2, 0) is 21.0 Å². The molecule has 0 saturated carbocycles. The molecule has 0 aromatic heterocycles. The second kappa shape index (κ2) is 9.35. The molecule has 36 heavy (non-hydrogen) atoms. The van der Waals surface area contributed by atoms with Crippen LogP contribution in [0.15, 0.2) is 78.9 Å². The molecule has 6 nitrogen and oxygen atoms in total. The van der Waals surface area contributed by atoms with Gasteiger partial charge in [-0.2, -0.15) is 0 Å². The summed E-state index contributed by atoms with van der Waals surface area (Å²) in [7, 11) is 0. The third-order valence-corrected chi connectivity index (χ3v) is 8.59. The van der Waals surface area contributed by atoms with E-state index < -0.39 is 4.87 Å². The highest BCUT2D eigenvalue weighted by Crippen LogP contribution is 2.55. The Bertz CT molecular complexity index is 1280. The number of amides is 2. The fourth-order valence-electron chi connectivity index (χ4n) is 5.42. The van der Waals surface area contributed by atoms with Gasteiger partial charge in [0.1, 0.15) is 5.82 Å². The van der Waals surface area contributed by atoms with E-state index >= 15 is 0 Å². The minimum Gasteiger partial charge on any atom is -0.297 e. The summed E-state index contributed by atoms with van der Waals surface area (Å²) >= 11 is 1.35. The maximum absolute atomic E-state index is 14.2. The normalized spacial score (nSPS) is 22.6. The lowest BCUT2D eigenvalue weighted by atomic mass is 10.0. The van der Waals surface area contributed by atoms with Crippen LogP contribution in [0.3, 0.4) is 0 Å². The summed E-state index contributed by atoms with van der Waals surface area (Å²) in [6.07, 6.45) is 0. The van der Waals surface area contributed by atoms with Crippen molar-refractivity contribution in [2.45, 2.75) is 11.4 Å². The summed E-state index contributed by atoms with van der Waals surface area (Å²) in [6, 6.07) is 24.0. The molecule has 3 aromatic rings. The van der Waals surface area contributed by atoms with Gasteiger partial charge in [0.05, 0.1) is 18.1 Å². The molecular weight excluding hydrogens is 475 g/mol. The highest BCUT2D eigenvalue weighted by Gasteiger charge is 2.61. The van der Waals surface area contributed by atoms with E-state index in [1.165, 1.54) is 29.5 Å². The van der Waals surface area contributed by atoms with Crippen molar-refractivity contribution < 1.29 is 14.0 Å². The number of carbonyl (C=O) groups excluding carboxylic acids is 2. The highest BCUT2D eigenvalue weighted by molar-refractivity contribution is 8.02. The number of hydrogen-bond acceptors (Lipinski definition) is 5. The number of hydrogen-bond donors (Lipinski definition) is 0. The van der Waals surface area contributed by atoms with E-state index in [1.807, 2.05) is 35.2 Å². The second-order valence-corrected chi connectivity index (χ2v) is 10.6. The number of rotatable bonds is 5. The standard InChI is InChI=1S/C28H27FN4O2S/c29-22-10-12-23(13-11-22)33-26(34)19-36-28(33)24-8-4-5-9-25(24)32(27(28)35)20-31-16-14-30(15-17-31)18-21-6-2-1-3-7-21/h1-13H,14-20H2/t28-/m1/s1. The topological polar surface area (TPSA) is 47.1 Å². The summed E-state index contributed by atoms with van der Waals surface area (Å²) in [5, 5.41) is 0. The molecule has 184 valence electrons. The lowest BCUT2D eigenvalue weighted by molar-refractivity contribution is -0.124. The molecule has 0 unspecified atom stereocenters. The van der Waals surface area contributed by atoms with Crippen LogP contribution >= 0.6 is 11.8 Å². The number of anilines is 2. The maximum Gasteiger partial charge on any atom is 0.269 e. The van der Waals surface area contributed by atoms with Crippen LogP contribution in [0.2, 0.25) is 0 Å². The molecule has 3 aliphatic heterocycles. The molecule has 0 bridgehead atoms. The van der Waals surface area contributed by atoms with Gasteiger partial charge >= 0.3 is 0 Å². The quantitative estimate of drug-likeness (QED) is 0.530. The summed E-state index contributed by atoms with van der Waals surface area (Å²) < 4.78 is 13.6. The molecule has 2 fully saturated rings. The van der Waals surface area contributed by atoms with Gasteiger partial charge in [-0.25, -0.2) is 4.39 Å². The Morgan fingerprint density at radius 1 is 0.806 bits per heavy atom. The van der Waals surface area contributed by atoms with Crippen molar-refractivity contribution in [2.75, 3.05) is 48.4 Å². The zero-order chi connectivity index (χ0) is 24.7. The minimum absolute atomic E-state index is 0.115. The molecule has 0 radical (unpaired) electrons. The van der Waals surface area contributed by atoms with Crippen LogP contribution in [0.1, 0.15) is 11.1 Å². The summed E-state index contributed by atoms with van der Waals surface area (Å²) in [6.45, 7) is 4.98. The maximum atomic E-state index is 14.2. The summed E-state index contributed by atoms with van der Waals surface area (Å²) in [5.74, 6) is -0.441. The van der Waals surface area contributed by atoms with Crippen molar-refractivity contribution in [3.8, 4) is 0 Å². The molecule has 0 aliphatic carbocycles. The Labute approximate surface area is 214 Å². The molecule has 2 saturated heterocycles. The Morgan fingerprint density at radius 2 is 1.47 bits per heavy atom. The van der Waals surface area contributed by atoms with Crippen molar-refractivity contribution in [1.29, 1.82) is 0 Å². The average molecular weight is 503 g/mol. The number of nitrogens with zero attached hydrogens (tertiary/aromatic N) is 4. The van der Waals surface area contributed by atoms with Crippen LogP contribution in [-0.4, -0.2) is 60.2 Å². The molecule has 2 amide bonds. The van der Waals surface area contributed by atoms with Crippen molar-refractivity contribution in [3.05, 3.63) is 95.8 Å². The number of fused-ring (bicyclic) bond motifs is 2. The monoisotopic (exact) mass is 502 g/mol. The molecule has 3 aromatic carbocycles. The van der Waals surface area contributed by atoms with Crippen molar-refractivity contribution >= 4 is 35.0 Å². The van der Waals surface area contributed by atoms with Crippen LogP contribution in [0.4, 0.5) is 15.8 Å². The van der Waals surface area contributed by atoms with Gasteiger partial charge in [-0.15, -0.1) is 11.8 Å². The van der Waals surface area contributed by atoms with Crippen molar-refractivity contribution in [2.24, 2.45) is 0 Å². The molecule has 0 N–H and O–H groups in total. The first-order valence-corrected chi connectivity index (χ1v) is 13.2. The first-order valence-electron chi connectivity index (χ1n) is 12.2. The van der Waals surface area contributed by atoms with E-state index in [4.69, 9.17) is 0 Å².